The number of amides is 2. The predicted molar refractivity (Wildman–Crippen MR) is 121 cm³/mol. The molecular weight excluding hydrogens is 421 g/mol. The van der Waals surface area contributed by atoms with Gasteiger partial charge in [0.25, 0.3) is 11.8 Å². The molecule has 0 aromatic heterocycles. The Morgan fingerprint density at radius 3 is 2.13 bits per heavy atom. The lowest BCUT2D eigenvalue weighted by molar-refractivity contribution is -0.120. The van der Waals surface area contributed by atoms with Gasteiger partial charge in [-0.3, -0.25) is 9.59 Å². The minimum atomic E-state index is -0.338. The molecular formula is C23H23Cl2N3O2. The van der Waals surface area contributed by atoms with E-state index >= 15 is 0 Å². The maximum atomic E-state index is 13.5. The summed E-state index contributed by atoms with van der Waals surface area (Å²) in [6, 6.07) is 12.5. The number of imide groups is 1. The second kappa shape index (κ2) is 8.42. The number of likely N-dealkylation sites (N-methyl/N-ethyl adjacent to an activating group) is 1. The van der Waals surface area contributed by atoms with Gasteiger partial charge >= 0.3 is 0 Å². The summed E-state index contributed by atoms with van der Waals surface area (Å²) in [4.78, 5) is 32.6. The van der Waals surface area contributed by atoms with Gasteiger partial charge in [0.15, 0.2) is 0 Å². The summed E-state index contributed by atoms with van der Waals surface area (Å²) in [6.07, 6.45) is 0. The number of hydrogen-bond acceptors (Lipinski definition) is 4. The van der Waals surface area contributed by atoms with Gasteiger partial charge in [0.05, 0.1) is 21.3 Å². The Morgan fingerprint density at radius 1 is 0.867 bits per heavy atom. The molecule has 0 atom stereocenters. The van der Waals surface area contributed by atoms with E-state index in [9.17, 15) is 9.59 Å². The van der Waals surface area contributed by atoms with Gasteiger partial charge in [0, 0.05) is 26.2 Å². The lowest BCUT2D eigenvalue weighted by Gasteiger charge is -2.36. The zero-order chi connectivity index (χ0) is 21.4. The fourth-order valence-electron chi connectivity index (χ4n) is 3.94. The standard InChI is InChI=1S/C23H23Cl2N3O2/c1-3-26-10-12-27(13-11-26)21-20(16-6-4-15(2)5-7-16)22(29)28(23(21)30)17-8-9-18(24)19(25)14-17/h4-9,14H,3,10-13H2,1-2H3. The molecule has 0 N–H and O–H groups in total. The Balaban J connectivity index is 1.78. The summed E-state index contributed by atoms with van der Waals surface area (Å²) in [5.41, 5.74) is 3.16. The fourth-order valence-corrected chi connectivity index (χ4v) is 4.23. The van der Waals surface area contributed by atoms with Crippen molar-refractivity contribution in [3.8, 4) is 0 Å². The highest BCUT2D eigenvalue weighted by atomic mass is 35.5. The molecule has 2 heterocycles. The first-order chi connectivity index (χ1) is 14.4. The summed E-state index contributed by atoms with van der Waals surface area (Å²) in [7, 11) is 0. The third-order valence-electron chi connectivity index (χ3n) is 5.70. The molecule has 0 radical (unpaired) electrons. The van der Waals surface area contributed by atoms with E-state index < -0.39 is 0 Å². The first-order valence-corrected chi connectivity index (χ1v) is 10.8. The zero-order valence-electron chi connectivity index (χ0n) is 17.0. The number of aryl methyl sites for hydroxylation is 1. The second-order valence-corrected chi connectivity index (χ2v) is 8.37. The number of carbonyl (C=O) groups excluding carboxylic acids is 2. The topological polar surface area (TPSA) is 43.9 Å². The van der Waals surface area contributed by atoms with Crippen molar-refractivity contribution in [3.05, 3.63) is 69.3 Å². The Kier molecular flexibility index (Phi) is 5.87. The number of carbonyl (C=O) groups is 2. The molecule has 1 saturated heterocycles. The van der Waals surface area contributed by atoms with Crippen LogP contribution in [-0.4, -0.2) is 54.3 Å². The van der Waals surface area contributed by atoms with Gasteiger partial charge in [-0.1, -0.05) is 60.0 Å². The largest absolute Gasteiger partial charge is 0.364 e. The molecule has 4 rings (SSSR count). The number of rotatable bonds is 4. The molecule has 0 saturated carbocycles. The quantitative estimate of drug-likeness (QED) is 0.663. The van der Waals surface area contributed by atoms with Gasteiger partial charge in [-0.15, -0.1) is 0 Å². The molecule has 7 heteroatoms. The maximum absolute atomic E-state index is 13.5. The summed E-state index contributed by atoms with van der Waals surface area (Å²) >= 11 is 12.2. The van der Waals surface area contributed by atoms with Crippen LogP contribution in [-0.2, 0) is 9.59 Å². The maximum Gasteiger partial charge on any atom is 0.282 e. The van der Waals surface area contributed by atoms with Crippen LogP contribution in [0.1, 0.15) is 18.1 Å². The van der Waals surface area contributed by atoms with Crippen LogP contribution in [0.5, 0.6) is 0 Å². The molecule has 2 aliphatic heterocycles. The van der Waals surface area contributed by atoms with Crippen LogP contribution < -0.4 is 4.90 Å². The number of nitrogens with zero attached hydrogens (tertiary/aromatic N) is 3. The monoisotopic (exact) mass is 443 g/mol. The molecule has 30 heavy (non-hydrogen) atoms. The van der Waals surface area contributed by atoms with Crippen LogP contribution in [0.25, 0.3) is 5.57 Å². The Bertz CT molecular complexity index is 1030. The minimum Gasteiger partial charge on any atom is -0.364 e. The summed E-state index contributed by atoms with van der Waals surface area (Å²) in [5, 5.41) is 0.679. The van der Waals surface area contributed by atoms with E-state index in [4.69, 9.17) is 23.2 Å². The van der Waals surface area contributed by atoms with Crippen LogP contribution in [0.3, 0.4) is 0 Å². The van der Waals surface area contributed by atoms with Crippen molar-refractivity contribution in [2.45, 2.75) is 13.8 Å². The summed E-state index contributed by atoms with van der Waals surface area (Å²) < 4.78 is 0. The first-order valence-electron chi connectivity index (χ1n) is 10.0. The average Bonchev–Trinajstić information content (AvgIpc) is 3.01. The van der Waals surface area contributed by atoms with Crippen molar-refractivity contribution < 1.29 is 9.59 Å². The highest BCUT2D eigenvalue weighted by molar-refractivity contribution is 6.46. The van der Waals surface area contributed by atoms with Gasteiger partial charge in [-0.25, -0.2) is 4.90 Å². The highest BCUT2D eigenvalue weighted by Gasteiger charge is 2.43. The Hall–Kier alpha value is -2.34. The third kappa shape index (κ3) is 3.73. The van der Waals surface area contributed by atoms with Crippen molar-refractivity contribution in [1.29, 1.82) is 0 Å². The molecule has 0 aliphatic carbocycles. The fraction of sp³-hybridized carbons (Fsp3) is 0.304. The van der Waals surface area contributed by atoms with Gasteiger partial charge in [-0.2, -0.15) is 0 Å². The number of hydrogen-bond donors (Lipinski definition) is 0. The molecule has 0 bridgehead atoms. The minimum absolute atomic E-state index is 0.302. The average molecular weight is 444 g/mol. The summed E-state index contributed by atoms with van der Waals surface area (Å²) in [6.45, 7) is 8.21. The molecule has 1 fully saturated rings. The van der Waals surface area contributed by atoms with Crippen molar-refractivity contribution in [3.63, 3.8) is 0 Å². The molecule has 5 nitrogen and oxygen atoms in total. The zero-order valence-corrected chi connectivity index (χ0v) is 18.5. The van der Waals surface area contributed by atoms with E-state index in [1.807, 2.05) is 36.1 Å². The van der Waals surface area contributed by atoms with Gasteiger partial charge in [-0.05, 0) is 37.2 Å². The van der Waals surface area contributed by atoms with E-state index in [0.29, 0.717) is 40.1 Å². The lowest BCUT2D eigenvalue weighted by Crippen LogP contribution is -2.47. The smallest absolute Gasteiger partial charge is 0.282 e. The van der Waals surface area contributed by atoms with Gasteiger partial charge in [0.2, 0.25) is 0 Å². The number of halogens is 2. The number of anilines is 1. The van der Waals surface area contributed by atoms with Crippen LogP contribution in [0.4, 0.5) is 5.69 Å². The molecule has 2 amide bonds. The molecule has 156 valence electrons. The highest BCUT2D eigenvalue weighted by Crippen LogP contribution is 2.37. The van der Waals surface area contributed by atoms with E-state index in [1.165, 1.54) is 4.90 Å². The van der Waals surface area contributed by atoms with E-state index in [0.717, 1.165) is 30.8 Å². The number of piperazine rings is 1. The van der Waals surface area contributed by atoms with Crippen LogP contribution >= 0.6 is 23.2 Å². The summed E-state index contributed by atoms with van der Waals surface area (Å²) in [5.74, 6) is -0.658. The van der Waals surface area contributed by atoms with Crippen molar-refractivity contribution >= 4 is 46.3 Å². The molecule has 0 spiro atoms. The molecule has 0 unspecified atom stereocenters. The Morgan fingerprint density at radius 2 is 1.53 bits per heavy atom. The Labute approximate surface area is 186 Å². The van der Waals surface area contributed by atoms with Crippen LogP contribution in [0.15, 0.2) is 48.2 Å². The molecule has 2 aliphatic rings. The second-order valence-electron chi connectivity index (χ2n) is 7.56. The van der Waals surface area contributed by atoms with Gasteiger partial charge in [0.1, 0.15) is 5.70 Å². The van der Waals surface area contributed by atoms with E-state index in [-0.39, 0.29) is 11.8 Å². The van der Waals surface area contributed by atoms with Crippen LogP contribution in [0, 0.1) is 6.92 Å². The first kappa shape index (κ1) is 20.9. The van der Waals surface area contributed by atoms with Crippen molar-refractivity contribution in [2.24, 2.45) is 0 Å². The SMILES string of the molecule is CCN1CCN(C2=C(c3ccc(C)cc3)C(=O)N(c3ccc(Cl)c(Cl)c3)C2=O)CC1. The van der Waals surface area contributed by atoms with Gasteiger partial charge < -0.3 is 9.80 Å². The third-order valence-corrected chi connectivity index (χ3v) is 6.44. The molecule has 2 aromatic rings. The predicted octanol–water partition coefficient (Wildman–Crippen LogP) is 4.22. The van der Waals surface area contributed by atoms with Crippen LogP contribution in [0.2, 0.25) is 10.0 Å². The van der Waals surface area contributed by atoms with Crippen molar-refractivity contribution in [1.82, 2.24) is 9.80 Å². The number of benzene rings is 2. The normalized spacial score (nSPS) is 18.0. The molecule has 2 aromatic carbocycles. The van der Waals surface area contributed by atoms with Crippen molar-refractivity contribution in [2.75, 3.05) is 37.6 Å². The van der Waals surface area contributed by atoms with E-state index in [2.05, 4.69) is 11.8 Å². The van der Waals surface area contributed by atoms with E-state index in [1.54, 1.807) is 18.2 Å². The lowest BCUT2D eigenvalue weighted by atomic mass is 10.0.